The Hall–Kier alpha value is -1.83. The van der Waals surface area contributed by atoms with Gasteiger partial charge in [0.1, 0.15) is 5.82 Å². The lowest BCUT2D eigenvalue weighted by molar-refractivity contribution is 0.686. The van der Waals surface area contributed by atoms with Gasteiger partial charge in [-0.05, 0) is 55.0 Å². The molecule has 1 aromatic heterocycles. The molecule has 0 bridgehead atoms. The molecule has 86 valence electrons. The molecule has 3 rings (SSSR count). The van der Waals surface area contributed by atoms with Crippen LogP contribution in [0, 0.1) is 0 Å². The Kier molecular flexibility index (Phi) is 2.56. The van der Waals surface area contributed by atoms with E-state index in [1.807, 2.05) is 18.2 Å². The number of rotatable bonds is 1. The van der Waals surface area contributed by atoms with Gasteiger partial charge >= 0.3 is 0 Å². The predicted octanol–water partition coefficient (Wildman–Crippen LogP) is 3.21. The average molecular weight is 224 g/mol. The second-order valence-electron chi connectivity index (χ2n) is 4.64. The minimum absolute atomic E-state index is 0.584. The standard InChI is InChI=1S/C15H16N2/c16-15-7-3-6-14(17-15)13-9-8-11-4-1-2-5-12(11)10-13/h3,6-10H,1-2,4-5H2,(H2,16,17). The Morgan fingerprint density at radius 1 is 0.941 bits per heavy atom. The average Bonchev–Trinajstić information content (AvgIpc) is 2.38. The molecule has 2 aromatic rings. The van der Waals surface area contributed by atoms with Gasteiger partial charge in [-0.1, -0.05) is 18.2 Å². The molecule has 2 nitrogen and oxygen atoms in total. The molecule has 1 aliphatic carbocycles. The number of aromatic nitrogens is 1. The summed E-state index contributed by atoms with van der Waals surface area (Å²) >= 11 is 0. The van der Waals surface area contributed by atoms with Crippen LogP contribution in [0.1, 0.15) is 24.0 Å². The third-order valence-corrected chi connectivity index (χ3v) is 3.41. The van der Waals surface area contributed by atoms with Crippen molar-refractivity contribution in [3.63, 3.8) is 0 Å². The Morgan fingerprint density at radius 3 is 2.59 bits per heavy atom. The van der Waals surface area contributed by atoms with E-state index in [0.29, 0.717) is 5.82 Å². The van der Waals surface area contributed by atoms with Crippen LogP contribution in [-0.4, -0.2) is 4.98 Å². The summed E-state index contributed by atoms with van der Waals surface area (Å²) < 4.78 is 0. The van der Waals surface area contributed by atoms with Gasteiger partial charge in [-0.3, -0.25) is 0 Å². The monoisotopic (exact) mass is 224 g/mol. The Balaban J connectivity index is 2.04. The van der Waals surface area contributed by atoms with E-state index in [9.17, 15) is 0 Å². The zero-order valence-electron chi connectivity index (χ0n) is 9.82. The number of anilines is 1. The zero-order valence-corrected chi connectivity index (χ0v) is 9.82. The van der Waals surface area contributed by atoms with Crippen LogP contribution in [0.15, 0.2) is 36.4 Å². The number of nitrogen functional groups attached to an aromatic ring is 1. The van der Waals surface area contributed by atoms with Gasteiger partial charge < -0.3 is 5.73 Å². The molecular formula is C15H16N2. The summed E-state index contributed by atoms with van der Waals surface area (Å²) in [5.41, 5.74) is 10.9. The lowest BCUT2D eigenvalue weighted by atomic mass is 9.90. The Bertz CT molecular complexity index is 546. The highest BCUT2D eigenvalue weighted by atomic mass is 14.8. The molecule has 0 aliphatic heterocycles. The summed E-state index contributed by atoms with van der Waals surface area (Å²) in [7, 11) is 0. The molecule has 0 saturated heterocycles. The van der Waals surface area contributed by atoms with E-state index in [-0.39, 0.29) is 0 Å². The normalized spacial score (nSPS) is 14.4. The smallest absolute Gasteiger partial charge is 0.124 e. The SMILES string of the molecule is Nc1cccc(-c2ccc3c(c2)CCCC3)n1. The van der Waals surface area contributed by atoms with Gasteiger partial charge in [0.25, 0.3) is 0 Å². The van der Waals surface area contributed by atoms with Gasteiger partial charge in [0.15, 0.2) is 0 Å². The van der Waals surface area contributed by atoms with E-state index in [0.717, 1.165) is 5.69 Å². The molecule has 0 saturated carbocycles. The molecular weight excluding hydrogens is 208 g/mol. The molecule has 0 amide bonds. The lowest BCUT2D eigenvalue weighted by Crippen LogP contribution is -2.02. The first-order valence-electron chi connectivity index (χ1n) is 6.18. The van der Waals surface area contributed by atoms with Crippen molar-refractivity contribution < 1.29 is 0 Å². The highest BCUT2D eigenvalue weighted by Gasteiger charge is 2.10. The van der Waals surface area contributed by atoms with Gasteiger partial charge in [0.05, 0.1) is 5.69 Å². The second kappa shape index (κ2) is 4.21. The summed E-state index contributed by atoms with van der Waals surface area (Å²) in [6.45, 7) is 0. The van der Waals surface area contributed by atoms with E-state index in [2.05, 4.69) is 23.2 Å². The fourth-order valence-electron chi connectivity index (χ4n) is 2.51. The Labute approximate surface area is 102 Å². The van der Waals surface area contributed by atoms with E-state index in [1.165, 1.54) is 42.4 Å². The van der Waals surface area contributed by atoms with Crippen molar-refractivity contribution in [2.75, 3.05) is 5.73 Å². The number of hydrogen-bond acceptors (Lipinski definition) is 2. The highest BCUT2D eigenvalue weighted by molar-refractivity contribution is 5.62. The van der Waals surface area contributed by atoms with Gasteiger partial charge in [-0.2, -0.15) is 0 Å². The number of nitrogens with two attached hydrogens (primary N) is 1. The first-order chi connectivity index (χ1) is 8.33. The number of aryl methyl sites for hydroxylation is 2. The van der Waals surface area contributed by atoms with Gasteiger partial charge in [-0.15, -0.1) is 0 Å². The van der Waals surface area contributed by atoms with Crippen LogP contribution in [-0.2, 0) is 12.8 Å². The maximum absolute atomic E-state index is 5.72. The third-order valence-electron chi connectivity index (χ3n) is 3.41. The molecule has 0 unspecified atom stereocenters. The maximum atomic E-state index is 5.72. The van der Waals surface area contributed by atoms with Crippen LogP contribution < -0.4 is 5.73 Å². The van der Waals surface area contributed by atoms with Gasteiger partial charge in [0, 0.05) is 5.56 Å². The van der Waals surface area contributed by atoms with Crippen molar-refractivity contribution in [2.45, 2.75) is 25.7 Å². The molecule has 1 heterocycles. The number of benzene rings is 1. The van der Waals surface area contributed by atoms with Crippen LogP contribution in [0.5, 0.6) is 0 Å². The molecule has 1 aromatic carbocycles. The molecule has 0 atom stereocenters. The fourth-order valence-corrected chi connectivity index (χ4v) is 2.51. The number of fused-ring (bicyclic) bond motifs is 1. The van der Waals surface area contributed by atoms with E-state index < -0.39 is 0 Å². The molecule has 0 radical (unpaired) electrons. The van der Waals surface area contributed by atoms with Crippen molar-refractivity contribution in [2.24, 2.45) is 0 Å². The summed E-state index contributed by atoms with van der Waals surface area (Å²) in [5.74, 6) is 0.584. The molecule has 17 heavy (non-hydrogen) atoms. The molecule has 0 fully saturated rings. The molecule has 2 N–H and O–H groups in total. The van der Waals surface area contributed by atoms with Crippen LogP contribution in [0.25, 0.3) is 11.3 Å². The number of hydrogen-bond donors (Lipinski definition) is 1. The van der Waals surface area contributed by atoms with Crippen molar-refractivity contribution in [1.82, 2.24) is 4.98 Å². The quantitative estimate of drug-likeness (QED) is 0.807. The number of pyridine rings is 1. The lowest BCUT2D eigenvalue weighted by Gasteiger charge is -2.16. The van der Waals surface area contributed by atoms with Crippen molar-refractivity contribution in [3.8, 4) is 11.3 Å². The molecule has 0 spiro atoms. The topological polar surface area (TPSA) is 38.9 Å². The summed E-state index contributed by atoms with van der Waals surface area (Å²) in [6, 6.07) is 12.5. The van der Waals surface area contributed by atoms with E-state index in [1.54, 1.807) is 0 Å². The third kappa shape index (κ3) is 2.03. The van der Waals surface area contributed by atoms with E-state index in [4.69, 9.17) is 5.73 Å². The second-order valence-corrected chi connectivity index (χ2v) is 4.64. The summed E-state index contributed by atoms with van der Waals surface area (Å²) in [6.07, 6.45) is 5.05. The predicted molar refractivity (Wildman–Crippen MR) is 70.7 cm³/mol. The van der Waals surface area contributed by atoms with Crippen molar-refractivity contribution >= 4 is 5.82 Å². The fraction of sp³-hybridized carbons (Fsp3) is 0.267. The first kappa shape index (κ1) is 10.3. The summed E-state index contributed by atoms with van der Waals surface area (Å²) in [5, 5.41) is 0. The maximum Gasteiger partial charge on any atom is 0.124 e. The molecule has 1 aliphatic rings. The number of nitrogens with zero attached hydrogens (tertiary/aromatic N) is 1. The van der Waals surface area contributed by atoms with Crippen LogP contribution in [0.2, 0.25) is 0 Å². The highest BCUT2D eigenvalue weighted by Crippen LogP contribution is 2.26. The van der Waals surface area contributed by atoms with Crippen LogP contribution >= 0.6 is 0 Å². The van der Waals surface area contributed by atoms with Crippen LogP contribution in [0.3, 0.4) is 0 Å². The zero-order chi connectivity index (χ0) is 11.7. The van der Waals surface area contributed by atoms with Crippen molar-refractivity contribution in [3.05, 3.63) is 47.5 Å². The largest absolute Gasteiger partial charge is 0.384 e. The van der Waals surface area contributed by atoms with Gasteiger partial charge in [0.2, 0.25) is 0 Å². The van der Waals surface area contributed by atoms with E-state index >= 15 is 0 Å². The van der Waals surface area contributed by atoms with Crippen molar-refractivity contribution in [1.29, 1.82) is 0 Å². The first-order valence-corrected chi connectivity index (χ1v) is 6.18. The Morgan fingerprint density at radius 2 is 1.76 bits per heavy atom. The minimum atomic E-state index is 0.584. The van der Waals surface area contributed by atoms with Gasteiger partial charge in [-0.25, -0.2) is 4.98 Å². The van der Waals surface area contributed by atoms with Crippen LogP contribution in [0.4, 0.5) is 5.82 Å². The minimum Gasteiger partial charge on any atom is -0.384 e. The molecule has 2 heteroatoms. The summed E-state index contributed by atoms with van der Waals surface area (Å²) in [4.78, 5) is 4.37.